The Bertz CT molecular complexity index is 548. The molecule has 0 fully saturated rings. The molecular weight excluding hydrogens is 283 g/mol. The molecule has 1 aromatic carbocycles. The number of carbonyl (C=O) groups is 1. The van der Waals surface area contributed by atoms with Gasteiger partial charge in [-0.15, -0.1) is 0 Å². The lowest BCUT2D eigenvalue weighted by molar-refractivity contribution is -0.384. The molecule has 0 aliphatic rings. The fourth-order valence-corrected chi connectivity index (χ4v) is 1.87. The second kappa shape index (κ2) is 6.98. The van der Waals surface area contributed by atoms with Gasteiger partial charge >= 0.3 is 5.97 Å². The largest absolute Gasteiger partial charge is 0.478 e. The molecule has 0 heterocycles. The van der Waals surface area contributed by atoms with Crippen molar-refractivity contribution in [3.63, 3.8) is 0 Å². The number of benzene rings is 1. The standard InChI is InChI=1S/C13H17FN2O5/c1-7(2)3-8(17)6-15-11-4-9(13(18)19)10(14)5-12(11)16(20)21/h4-5,7-8,15,17H,3,6H2,1-2H3,(H,18,19). The predicted octanol–water partition coefficient (Wildman–Crippen LogP) is 2.25. The molecule has 0 aromatic heterocycles. The topological polar surface area (TPSA) is 113 Å². The summed E-state index contributed by atoms with van der Waals surface area (Å²) in [4.78, 5) is 20.9. The minimum atomic E-state index is -1.52. The van der Waals surface area contributed by atoms with E-state index in [2.05, 4.69) is 5.32 Å². The predicted molar refractivity (Wildman–Crippen MR) is 74.0 cm³/mol. The highest BCUT2D eigenvalue weighted by Gasteiger charge is 2.22. The zero-order valence-electron chi connectivity index (χ0n) is 11.7. The number of nitro benzene ring substituents is 1. The van der Waals surface area contributed by atoms with E-state index in [9.17, 15) is 24.4 Å². The lowest BCUT2D eigenvalue weighted by Gasteiger charge is -2.15. The van der Waals surface area contributed by atoms with Crippen LogP contribution in [0.15, 0.2) is 12.1 Å². The number of nitrogens with zero attached hydrogens (tertiary/aromatic N) is 1. The van der Waals surface area contributed by atoms with E-state index >= 15 is 0 Å². The first-order valence-corrected chi connectivity index (χ1v) is 6.35. The summed E-state index contributed by atoms with van der Waals surface area (Å²) in [6.45, 7) is 3.82. The first kappa shape index (κ1) is 16.8. The Balaban J connectivity index is 3.00. The van der Waals surface area contributed by atoms with Gasteiger partial charge in [0, 0.05) is 6.54 Å². The van der Waals surface area contributed by atoms with Crippen molar-refractivity contribution in [2.75, 3.05) is 11.9 Å². The van der Waals surface area contributed by atoms with E-state index < -0.39 is 34.1 Å². The Morgan fingerprint density at radius 2 is 2.10 bits per heavy atom. The van der Waals surface area contributed by atoms with Crippen molar-refractivity contribution in [2.45, 2.75) is 26.4 Å². The summed E-state index contributed by atoms with van der Waals surface area (Å²) >= 11 is 0. The Hall–Kier alpha value is -2.22. The molecule has 1 rings (SSSR count). The zero-order valence-corrected chi connectivity index (χ0v) is 11.7. The van der Waals surface area contributed by atoms with Crippen LogP contribution in [-0.2, 0) is 0 Å². The Kier molecular flexibility index (Phi) is 5.60. The summed E-state index contributed by atoms with van der Waals surface area (Å²) < 4.78 is 13.4. The molecule has 8 heteroatoms. The molecule has 0 spiro atoms. The van der Waals surface area contributed by atoms with Gasteiger partial charge in [-0.1, -0.05) is 13.8 Å². The van der Waals surface area contributed by atoms with E-state index in [4.69, 9.17) is 5.11 Å². The molecule has 1 unspecified atom stereocenters. The van der Waals surface area contributed by atoms with Crippen LogP contribution in [-0.4, -0.2) is 33.8 Å². The van der Waals surface area contributed by atoms with Crippen LogP contribution < -0.4 is 5.32 Å². The molecule has 0 saturated carbocycles. The Morgan fingerprint density at radius 3 is 2.57 bits per heavy atom. The number of anilines is 1. The van der Waals surface area contributed by atoms with E-state index in [1.54, 1.807) is 0 Å². The van der Waals surface area contributed by atoms with Crippen molar-refractivity contribution in [3.8, 4) is 0 Å². The molecule has 0 bridgehead atoms. The highest BCUT2D eigenvalue weighted by Crippen LogP contribution is 2.28. The smallest absolute Gasteiger partial charge is 0.338 e. The number of hydrogen-bond donors (Lipinski definition) is 3. The van der Waals surface area contributed by atoms with Gasteiger partial charge in [0.05, 0.1) is 22.7 Å². The number of aliphatic hydroxyl groups excluding tert-OH is 1. The van der Waals surface area contributed by atoms with Crippen molar-refractivity contribution >= 4 is 17.3 Å². The molecule has 0 aliphatic carbocycles. The maximum absolute atomic E-state index is 13.4. The molecule has 0 radical (unpaired) electrons. The minimum Gasteiger partial charge on any atom is -0.478 e. The Labute approximate surface area is 120 Å². The van der Waals surface area contributed by atoms with Gasteiger partial charge in [-0.3, -0.25) is 10.1 Å². The maximum atomic E-state index is 13.4. The van der Waals surface area contributed by atoms with E-state index in [0.717, 1.165) is 6.07 Å². The normalized spacial score (nSPS) is 12.2. The third-order valence-corrected chi connectivity index (χ3v) is 2.78. The lowest BCUT2D eigenvalue weighted by atomic mass is 10.1. The number of halogens is 1. The van der Waals surface area contributed by atoms with Crippen LogP contribution in [0.4, 0.5) is 15.8 Å². The summed E-state index contributed by atoms with van der Waals surface area (Å²) in [7, 11) is 0. The van der Waals surface area contributed by atoms with Crippen LogP contribution in [0.5, 0.6) is 0 Å². The molecule has 1 atom stereocenters. The molecular formula is C13H17FN2O5. The van der Waals surface area contributed by atoms with Crippen molar-refractivity contribution in [1.82, 2.24) is 0 Å². The number of nitrogens with one attached hydrogen (secondary N) is 1. The summed E-state index contributed by atoms with van der Waals surface area (Å²) in [6.07, 6.45) is -0.267. The second-order valence-corrected chi connectivity index (χ2v) is 5.08. The van der Waals surface area contributed by atoms with Gasteiger partial charge in [0.1, 0.15) is 11.5 Å². The molecule has 21 heavy (non-hydrogen) atoms. The van der Waals surface area contributed by atoms with E-state index in [-0.39, 0.29) is 18.2 Å². The molecule has 0 amide bonds. The van der Waals surface area contributed by atoms with Gasteiger partial charge in [0.2, 0.25) is 0 Å². The van der Waals surface area contributed by atoms with Crippen molar-refractivity contribution < 1.29 is 24.3 Å². The minimum absolute atomic E-state index is 0.00368. The van der Waals surface area contributed by atoms with Crippen LogP contribution in [0.1, 0.15) is 30.6 Å². The van der Waals surface area contributed by atoms with Crippen LogP contribution in [0.25, 0.3) is 0 Å². The van der Waals surface area contributed by atoms with E-state index in [0.29, 0.717) is 12.5 Å². The summed E-state index contributed by atoms with van der Waals surface area (Å²) in [6, 6.07) is 1.42. The second-order valence-electron chi connectivity index (χ2n) is 5.08. The highest BCUT2D eigenvalue weighted by atomic mass is 19.1. The number of aliphatic hydroxyl groups is 1. The van der Waals surface area contributed by atoms with E-state index in [1.165, 1.54) is 0 Å². The monoisotopic (exact) mass is 300 g/mol. The average Bonchev–Trinajstić information content (AvgIpc) is 2.35. The molecule has 0 aliphatic heterocycles. The van der Waals surface area contributed by atoms with Gasteiger partial charge in [0.15, 0.2) is 0 Å². The van der Waals surface area contributed by atoms with Crippen LogP contribution in [0, 0.1) is 21.8 Å². The quantitative estimate of drug-likeness (QED) is 0.526. The van der Waals surface area contributed by atoms with Gasteiger partial charge < -0.3 is 15.5 Å². The number of hydrogen-bond acceptors (Lipinski definition) is 5. The van der Waals surface area contributed by atoms with Gasteiger partial charge in [-0.05, 0) is 18.4 Å². The van der Waals surface area contributed by atoms with Crippen LogP contribution in [0.3, 0.4) is 0 Å². The van der Waals surface area contributed by atoms with Crippen molar-refractivity contribution in [2.24, 2.45) is 5.92 Å². The summed E-state index contributed by atoms with van der Waals surface area (Å²) in [5.41, 5.74) is -1.38. The maximum Gasteiger partial charge on any atom is 0.338 e. The Morgan fingerprint density at radius 1 is 1.48 bits per heavy atom. The molecule has 0 saturated heterocycles. The number of carboxylic acid groups (broad SMARTS) is 1. The molecule has 7 nitrogen and oxygen atoms in total. The van der Waals surface area contributed by atoms with Gasteiger partial charge in [0.25, 0.3) is 5.69 Å². The lowest BCUT2D eigenvalue weighted by Crippen LogP contribution is -2.22. The number of carboxylic acids is 1. The SMILES string of the molecule is CC(C)CC(O)CNc1cc(C(=O)O)c(F)cc1[N+](=O)[O-]. The average molecular weight is 300 g/mol. The summed E-state index contributed by atoms with van der Waals surface area (Å²) in [5, 5.41) is 32.0. The van der Waals surface area contributed by atoms with Crippen LogP contribution in [0.2, 0.25) is 0 Å². The first-order valence-electron chi connectivity index (χ1n) is 6.35. The van der Waals surface area contributed by atoms with Gasteiger partial charge in [-0.2, -0.15) is 0 Å². The summed E-state index contributed by atoms with van der Waals surface area (Å²) in [5.74, 6) is -2.46. The van der Waals surface area contributed by atoms with Crippen LogP contribution >= 0.6 is 0 Å². The first-order chi connectivity index (χ1) is 9.72. The van der Waals surface area contributed by atoms with Crippen molar-refractivity contribution in [1.29, 1.82) is 0 Å². The number of nitro groups is 1. The number of aromatic carboxylic acids is 1. The third kappa shape index (κ3) is 4.67. The zero-order chi connectivity index (χ0) is 16.2. The number of rotatable bonds is 7. The highest BCUT2D eigenvalue weighted by molar-refractivity contribution is 5.90. The molecule has 116 valence electrons. The molecule has 1 aromatic rings. The fraction of sp³-hybridized carbons (Fsp3) is 0.462. The third-order valence-electron chi connectivity index (χ3n) is 2.78. The molecule has 3 N–H and O–H groups in total. The van der Waals surface area contributed by atoms with E-state index in [1.807, 2.05) is 13.8 Å². The fourth-order valence-electron chi connectivity index (χ4n) is 1.87. The van der Waals surface area contributed by atoms with Crippen molar-refractivity contribution in [3.05, 3.63) is 33.6 Å². The van der Waals surface area contributed by atoms with Gasteiger partial charge in [-0.25, -0.2) is 9.18 Å².